The topological polar surface area (TPSA) is 71.8 Å². The Morgan fingerprint density at radius 3 is 2.89 bits per heavy atom. The molecule has 5 rings (SSSR count). The van der Waals surface area contributed by atoms with Crippen LogP contribution in [0.4, 0.5) is 10.8 Å². The standard InChI is InChI=1S/C19H17N5O2S/c25-18(15-12-24-6-2-1-3-17(24)21-15)20-13-4-5-14-16(11-13)27-19(22-14)23-7-9-26-10-8-23/h1-6,11-12H,7-10H2,(H,20,25). The third-order valence-corrected chi connectivity index (χ3v) is 5.59. The predicted octanol–water partition coefficient (Wildman–Crippen LogP) is 3.03. The molecule has 1 aliphatic heterocycles. The number of fused-ring (bicyclic) bond motifs is 2. The largest absolute Gasteiger partial charge is 0.378 e. The molecule has 1 fully saturated rings. The van der Waals surface area contributed by atoms with Crippen LogP contribution < -0.4 is 10.2 Å². The molecule has 4 heterocycles. The Morgan fingerprint density at radius 2 is 2.04 bits per heavy atom. The number of thiazole rings is 1. The van der Waals surface area contributed by atoms with E-state index in [1.807, 2.05) is 47.0 Å². The fraction of sp³-hybridized carbons (Fsp3) is 0.211. The van der Waals surface area contributed by atoms with Crippen molar-refractivity contribution in [2.45, 2.75) is 0 Å². The van der Waals surface area contributed by atoms with Crippen molar-refractivity contribution in [1.82, 2.24) is 14.4 Å². The minimum atomic E-state index is -0.226. The monoisotopic (exact) mass is 379 g/mol. The molecule has 27 heavy (non-hydrogen) atoms. The molecule has 0 unspecified atom stereocenters. The van der Waals surface area contributed by atoms with Crippen LogP contribution in [-0.4, -0.2) is 46.6 Å². The number of imidazole rings is 1. The number of nitrogens with one attached hydrogen (secondary N) is 1. The van der Waals surface area contributed by atoms with E-state index < -0.39 is 0 Å². The van der Waals surface area contributed by atoms with Crippen LogP contribution in [0.5, 0.6) is 0 Å². The molecule has 0 atom stereocenters. The molecule has 1 N–H and O–H groups in total. The van der Waals surface area contributed by atoms with E-state index in [-0.39, 0.29) is 5.91 Å². The number of pyridine rings is 1. The molecule has 0 spiro atoms. The van der Waals surface area contributed by atoms with Crippen LogP contribution >= 0.6 is 11.3 Å². The minimum Gasteiger partial charge on any atom is -0.378 e. The second kappa shape index (κ2) is 6.64. The Labute approximate surface area is 159 Å². The van der Waals surface area contributed by atoms with Gasteiger partial charge in [-0.1, -0.05) is 17.4 Å². The number of carbonyl (C=O) groups excluding carboxylic acids is 1. The highest BCUT2D eigenvalue weighted by Crippen LogP contribution is 2.31. The van der Waals surface area contributed by atoms with Gasteiger partial charge in [0.05, 0.1) is 23.4 Å². The van der Waals surface area contributed by atoms with Crippen LogP contribution in [0, 0.1) is 0 Å². The molecule has 1 amide bonds. The average molecular weight is 379 g/mol. The van der Waals surface area contributed by atoms with E-state index in [0.717, 1.165) is 53.0 Å². The Morgan fingerprint density at radius 1 is 1.15 bits per heavy atom. The molecule has 3 aromatic heterocycles. The van der Waals surface area contributed by atoms with Gasteiger partial charge in [-0.25, -0.2) is 9.97 Å². The maximum atomic E-state index is 12.6. The van der Waals surface area contributed by atoms with Gasteiger partial charge in [-0.05, 0) is 30.3 Å². The molecule has 1 aromatic carbocycles. The second-order valence-electron chi connectivity index (χ2n) is 6.32. The summed E-state index contributed by atoms with van der Waals surface area (Å²) in [6.07, 6.45) is 3.60. The molecular weight excluding hydrogens is 362 g/mol. The van der Waals surface area contributed by atoms with Crippen LogP contribution in [0.3, 0.4) is 0 Å². The number of amides is 1. The quantitative estimate of drug-likeness (QED) is 0.592. The highest BCUT2D eigenvalue weighted by atomic mass is 32.1. The number of hydrogen-bond acceptors (Lipinski definition) is 6. The molecule has 8 heteroatoms. The number of morpholine rings is 1. The molecule has 1 saturated heterocycles. The van der Waals surface area contributed by atoms with E-state index in [0.29, 0.717) is 5.69 Å². The summed E-state index contributed by atoms with van der Waals surface area (Å²) in [7, 11) is 0. The van der Waals surface area contributed by atoms with Gasteiger partial charge in [-0.3, -0.25) is 4.79 Å². The fourth-order valence-corrected chi connectivity index (χ4v) is 4.18. The molecule has 136 valence electrons. The van der Waals surface area contributed by atoms with Crippen molar-refractivity contribution in [2.24, 2.45) is 0 Å². The number of ether oxygens (including phenoxy) is 1. The van der Waals surface area contributed by atoms with Gasteiger partial charge in [0.2, 0.25) is 0 Å². The van der Waals surface area contributed by atoms with E-state index in [1.54, 1.807) is 17.5 Å². The van der Waals surface area contributed by atoms with Crippen LogP contribution in [0.15, 0.2) is 48.8 Å². The second-order valence-corrected chi connectivity index (χ2v) is 7.33. The van der Waals surface area contributed by atoms with Gasteiger partial charge in [-0.15, -0.1) is 0 Å². The molecular formula is C19H17N5O2S. The number of anilines is 2. The summed E-state index contributed by atoms with van der Waals surface area (Å²) < 4.78 is 8.28. The van der Waals surface area contributed by atoms with Crippen LogP contribution in [0.1, 0.15) is 10.5 Å². The molecule has 0 saturated carbocycles. The Balaban J connectivity index is 1.38. The van der Waals surface area contributed by atoms with Gasteiger partial charge >= 0.3 is 0 Å². The zero-order valence-corrected chi connectivity index (χ0v) is 15.3. The first-order valence-electron chi connectivity index (χ1n) is 8.75. The molecule has 7 nitrogen and oxygen atoms in total. The number of benzene rings is 1. The first-order valence-corrected chi connectivity index (χ1v) is 9.56. The lowest BCUT2D eigenvalue weighted by Crippen LogP contribution is -2.36. The van der Waals surface area contributed by atoms with Crippen molar-refractivity contribution in [3.8, 4) is 0 Å². The van der Waals surface area contributed by atoms with Crippen molar-refractivity contribution in [2.75, 3.05) is 36.5 Å². The van der Waals surface area contributed by atoms with Crippen molar-refractivity contribution < 1.29 is 9.53 Å². The maximum Gasteiger partial charge on any atom is 0.275 e. The predicted molar refractivity (Wildman–Crippen MR) is 106 cm³/mol. The van der Waals surface area contributed by atoms with Gasteiger partial charge in [0, 0.05) is 31.2 Å². The summed E-state index contributed by atoms with van der Waals surface area (Å²) in [4.78, 5) is 23.9. The fourth-order valence-electron chi connectivity index (χ4n) is 3.12. The summed E-state index contributed by atoms with van der Waals surface area (Å²) >= 11 is 1.63. The van der Waals surface area contributed by atoms with Crippen molar-refractivity contribution in [1.29, 1.82) is 0 Å². The normalized spacial score (nSPS) is 14.7. The maximum absolute atomic E-state index is 12.6. The van der Waals surface area contributed by atoms with Crippen molar-refractivity contribution in [3.63, 3.8) is 0 Å². The Bertz CT molecular complexity index is 1100. The zero-order valence-electron chi connectivity index (χ0n) is 14.5. The lowest BCUT2D eigenvalue weighted by molar-refractivity contribution is 0.102. The first-order chi connectivity index (χ1) is 13.3. The third kappa shape index (κ3) is 3.13. The van der Waals surface area contributed by atoms with Gasteiger partial charge in [0.1, 0.15) is 11.3 Å². The van der Waals surface area contributed by atoms with E-state index in [2.05, 4.69) is 15.2 Å². The Kier molecular flexibility index (Phi) is 3.99. The molecule has 0 aliphatic carbocycles. The molecule has 0 radical (unpaired) electrons. The molecule has 0 bridgehead atoms. The van der Waals surface area contributed by atoms with Crippen LogP contribution in [0.2, 0.25) is 0 Å². The number of carbonyl (C=O) groups is 1. The van der Waals surface area contributed by atoms with E-state index in [9.17, 15) is 4.79 Å². The zero-order chi connectivity index (χ0) is 18.2. The van der Waals surface area contributed by atoms with Gasteiger partial charge in [0.15, 0.2) is 5.13 Å². The summed E-state index contributed by atoms with van der Waals surface area (Å²) in [5.74, 6) is -0.226. The SMILES string of the molecule is O=C(Nc1ccc2nc(N3CCOCC3)sc2c1)c1cn2ccccc2n1. The molecule has 4 aromatic rings. The summed E-state index contributed by atoms with van der Waals surface area (Å²) in [5, 5.41) is 3.93. The highest BCUT2D eigenvalue weighted by molar-refractivity contribution is 7.22. The molecule has 1 aliphatic rings. The van der Waals surface area contributed by atoms with E-state index in [1.165, 1.54) is 0 Å². The number of hydrogen-bond donors (Lipinski definition) is 1. The number of nitrogens with zero attached hydrogens (tertiary/aromatic N) is 4. The average Bonchev–Trinajstić information content (AvgIpc) is 3.32. The van der Waals surface area contributed by atoms with Gasteiger partial charge in [-0.2, -0.15) is 0 Å². The number of rotatable bonds is 3. The minimum absolute atomic E-state index is 0.226. The van der Waals surface area contributed by atoms with Gasteiger partial charge in [0.25, 0.3) is 5.91 Å². The smallest absolute Gasteiger partial charge is 0.275 e. The van der Waals surface area contributed by atoms with Gasteiger partial charge < -0.3 is 19.4 Å². The number of aromatic nitrogens is 3. The van der Waals surface area contributed by atoms with E-state index >= 15 is 0 Å². The summed E-state index contributed by atoms with van der Waals surface area (Å²) in [6.45, 7) is 3.18. The first kappa shape index (κ1) is 16.2. The van der Waals surface area contributed by atoms with Crippen LogP contribution in [-0.2, 0) is 4.74 Å². The lowest BCUT2D eigenvalue weighted by Gasteiger charge is -2.25. The summed E-state index contributed by atoms with van der Waals surface area (Å²) in [6, 6.07) is 11.4. The summed E-state index contributed by atoms with van der Waals surface area (Å²) in [5.41, 5.74) is 2.81. The highest BCUT2D eigenvalue weighted by Gasteiger charge is 2.16. The third-order valence-electron chi connectivity index (χ3n) is 4.51. The Hall–Kier alpha value is -2.97. The van der Waals surface area contributed by atoms with Crippen molar-refractivity contribution >= 4 is 43.9 Å². The van der Waals surface area contributed by atoms with E-state index in [4.69, 9.17) is 9.72 Å². The lowest BCUT2D eigenvalue weighted by atomic mass is 10.3. The van der Waals surface area contributed by atoms with Crippen LogP contribution in [0.25, 0.3) is 15.9 Å². The van der Waals surface area contributed by atoms with Crippen molar-refractivity contribution in [3.05, 3.63) is 54.5 Å².